The number of rotatable bonds is 6. The molecule has 0 amide bonds. The summed E-state index contributed by atoms with van der Waals surface area (Å²) >= 11 is 3.60. The number of nitrogens with one attached hydrogen (secondary N) is 1. The van der Waals surface area contributed by atoms with E-state index in [0.717, 1.165) is 16.7 Å². The lowest BCUT2D eigenvalue weighted by Crippen LogP contribution is -2.32. The Kier molecular flexibility index (Phi) is 6.12. The summed E-state index contributed by atoms with van der Waals surface area (Å²) in [5, 5.41) is 12.6. The van der Waals surface area contributed by atoms with Gasteiger partial charge in [-0.3, -0.25) is 0 Å². The zero-order chi connectivity index (χ0) is 13.7. The molecule has 0 bridgehead atoms. The van der Waals surface area contributed by atoms with Crippen LogP contribution in [0.25, 0.3) is 0 Å². The fourth-order valence-electron chi connectivity index (χ4n) is 1.63. The summed E-state index contributed by atoms with van der Waals surface area (Å²) in [7, 11) is 1.99. The summed E-state index contributed by atoms with van der Waals surface area (Å²) in [6.07, 6.45) is 0. The molecule has 1 unspecified atom stereocenters. The molecule has 0 spiro atoms. The first-order valence-corrected chi connectivity index (χ1v) is 7.10. The molecule has 1 aromatic rings. The van der Waals surface area contributed by atoms with Crippen molar-refractivity contribution in [2.24, 2.45) is 0 Å². The molecule has 1 rings (SSSR count). The zero-order valence-electron chi connectivity index (χ0n) is 11.6. The Balaban J connectivity index is 2.79. The van der Waals surface area contributed by atoms with Crippen LogP contribution < -0.4 is 10.2 Å². The van der Waals surface area contributed by atoms with Gasteiger partial charge in [-0.1, -0.05) is 19.9 Å². The van der Waals surface area contributed by atoms with E-state index in [2.05, 4.69) is 58.2 Å². The highest BCUT2D eigenvalue weighted by molar-refractivity contribution is 9.10. The molecule has 0 fully saturated rings. The number of likely N-dealkylation sites (N-methyl/N-ethyl adjacent to an activating group) is 1. The van der Waals surface area contributed by atoms with Gasteiger partial charge >= 0.3 is 0 Å². The molecule has 0 aliphatic heterocycles. The molecule has 1 atom stereocenters. The Bertz CT molecular complexity index is 382. The molecule has 18 heavy (non-hydrogen) atoms. The summed E-state index contributed by atoms with van der Waals surface area (Å²) in [5.74, 6) is 0. The second-order valence-corrected chi connectivity index (χ2v) is 5.82. The molecule has 4 heteroatoms. The maximum Gasteiger partial charge on any atom is 0.0632 e. The van der Waals surface area contributed by atoms with Crippen LogP contribution in [-0.4, -0.2) is 30.8 Å². The van der Waals surface area contributed by atoms with Gasteiger partial charge in [0.25, 0.3) is 0 Å². The lowest BCUT2D eigenvalue weighted by Gasteiger charge is -2.26. The largest absolute Gasteiger partial charge is 0.394 e. The summed E-state index contributed by atoms with van der Waals surface area (Å²) in [6, 6.07) is 6.94. The first-order chi connectivity index (χ1) is 8.45. The molecular weight excluding hydrogens is 292 g/mol. The van der Waals surface area contributed by atoms with Gasteiger partial charge in [0.1, 0.15) is 0 Å². The number of aliphatic hydroxyl groups excluding tert-OH is 1. The number of aliphatic hydroxyl groups is 1. The second kappa shape index (κ2) is 7.12. The lowest BCUT2D eigenvalue weighted by molar-refractivity contribution is 0.270. The van der Waals surface area contributed by atoms with Gasteiger partial charge in [-0.05, 0) is 40.5 Å². The van der Waals surface area contributed by atoms with Crippen LogP contribution in [0.3, 0.4) is 0 Å². The van der Waals surface area contributed by atoms with Gasteiger partial charge in [0.05, 0.1) is 12.3 Å². The van der Waals surface area contributed by atoms with E-state index in [4.69, 9.17) is 0 Å². The Morgan fingerprint density at radius 1 is 1.33 bits per heavy atom. The molecule has 3 nitrogen and oxygen atoms in total. The minimum atomic E-state index is 0.112. The van der Waals surface area contributed by atoms with Gasteiger partial charge in [-0.15, -0.1) is 0 Å². The van der Waals surface area contributed by atoms with Gasteiger partial charge in [-0.2, -0.15) is 0 Å². The van der Waals surface area contributed by atoms with E-state index in [-0.39, 0.29) is 12.6 Å². The van der Waals surface area contributed by atoms with E-state index in [1.165, 1.54) is 5.56 Å². The number of anilines is 1. The average molecular weight is 315 g/mol. The van der Waals surface area contributed by atoms with Crippen molar-refractivity contribution in [3.05, 3.63) is 28.2 Å². The maximum atomic E-state index is 9.19. The standard InChI is InChI=1S/C14H23BrN2O/c1-10(2)16-8-12-5-6-14(13(15)7-12)17(4)11(3)9-18/h5-7,10-11,16,18H,8-9H2,1-4H3. The van der Waals surface area contributed by atoms with E-state index in [0.29, 0.717) is 6.04 Å². The van der Waals surface area contributed by atoms with Crippen LogP contribution in [0.2, 0.25) is 0 Å². The minimum Gasteiger partial charge on any atom is -0.394 e. The van der Waals surface area contributed by atoms with Crippen LogP contribution in [0.15, 0.2) is 22.7 Å². The van der Waals surface area contributed by atoms with Gasteiger partial charge in [0.2, 0.25) is 0 Å². The van der Waals surface area contributed by atoms with Crippen LogP contribution >= 0.6 is 15.9 Å². The molecular formula is C14H23BrN2O. The molecule has 102 valence electrons. The monoisotopic (exact) mass is 314 g/mol. The third kappa shape index (κ3) is 4.26. The first kappa shape index (κ1) is 15.5. The number of benzene rings is 1. The third-order valence-electron chi connectivity index (χ3n) is 3.03. The molecule has 0 heterocycles. The normalized spacial score (nSPS) is 12.8. The van der Waals surface area contributed by atoms with Gasteiger partial charge in [0, 0.05) is 30.1 Å². The number of nitrogens with zero attached hydrogens (tertiary/aromatic N) is 1. The highest BCUT2D eigenvalue weighted by atomic mass is 79.9. The van der Waals surface area contributed by atoms with Crippen LogP contribution in [0.5, 0.6) is 0 Å². The van der Waals surface area contributed by atoms with Crippen molar-refractivity contribution in [1.82, 2.24) is 5.32 Å². The highest BCUT2D eigenvalue weighted by Crippen LogP contribution is 2.27. The van der Waals surface area contributed by atoms with Crippen molar-refractivity contribution in [3.63, 3.8) is 0 Å². The Hall–Kier alpha value is -0.580. The van der Waals surface area contributed by atoms with Crippen LogP contribution in [0, 0.1) is 0 Å². The van der Waals surface area contributed by atoms with Gasteiger partial charge in [-0.25, -0.2) is 0 Å². The van der Waals surface area contributed by atoms with Crippen molar-refractivity contribution < 1.29 is 5.11 Å². The van der Waals surface area contributed by atoms with Crippen LogP contribution in [-0.2, 0) is 6.54 Å². The second-order valence-electron chi connectivity index (χ2n) is 4.96. The fourth-order valence-corrected chi connectivity index (χ4v) is 2.33. The topological polar surface area (TPSA) is 35.5 Å². The maximum absolute atomic E-state index is 9.19. The summed E-state index contributed by atoms with van der Waals surface area (Å²) in [4.78, 5) is 2.07. The molecule has 2 N–H and O–H groups in total. The van der Waals surface area contributed by atoms with Crippen LogP contribution in [0.4, 0.5) is 5.69 Å². The quantitative estimate of drug-likeness (QED) is 0.847. The SMILES string of the molecule is CC(C)NCc1ccc(N(C)C(C)CO)c(Br)c1. The molecule has 0 radical (unpaired) electrons. The summed E-state index contributed by atoms with van der Waals surface area (Å²) < 4.78 is 1.06. The highest BCUT2D eigenvalue weighted by Gasteiger charge is 2.12. The predicted octanol–water partition coefficient (Wildman–Crippen LogP) is 2.76. The van der Waals surface area contributed by atoms with E-state index < -0.39 is 0 Å². The molecule has 0 saturated carbocycles. The summed E-state index contributed by atoms with van der Waals surface area (Å²) in [6.45, 7) is 7.30. The Morgan fingerprint density at radius 2 is 2.00 bits per heavy atom. The van der Waals surface area contributed by atoms with Crippen molar-refractivity contribution in [2.45, 2.75) is 39.4 Å². The zero-order valence-corrected chi connectivity index (χ0v) is 13.2. The van der Waals surface area contributed by atoms with E-state index in [9.17, 15) is 5.11 Å². The third-order valence-corrected chi connectivity index (χ3v) is 3.67. The first-order valence-electron chi connectivity index (χ1n) is 6.31. The predicted molar refractivity (Wildman–Crippen MR) is 81.1 cm³/mol. The fraction of sp³-hybridized carbons (Fsp3) is 0.571. The average Bonchev–Trinajstić information content (AvgIpc) is 2.34. The molecule has 0 aliphatic rings. The van der Waals surface area contributed by atoms with E-state index in [1.807, 2.05) is 14.0 Å². The van der Waals surface area contributed by atoms with Crippen LogP contribution in [0.1, 0.15) is 26.3 Å². The Morgan fingerprint density at radius 3 is 2.50 bits per heavy atom. The molecule has 0 aliphatic carbocycles. The number of hydrogen-bond donors (Lipinski definition) is 2. The molecule has 0 saturated heterocycles. The minimum absolute atomic E-state index is 0.112. The number of hydrogen-bond acceptors (Lipinski definition) is 3. The van der Waals surface area contributed by atoms with E-state index in [1.54, 1.807) is 0 Å². The smallest absolute Gasteiger partial charge is 0.0632 e. The van der Waals surface area contributed by atoms with Crippen molar-refractivity contribution in [1.29, 1.82) is 0 Å². The van der Waals surface area contributed by atoms with Gasteiger partial charge in [0.15, 0.2) is 0 Å². The summed E-state index contributed by atoms with van der Waals surface area (Å²) in [5.41, 5.74) is 2.36. The van der Waals surface area contributed by atoms with Crippen molar-refractivity contribution >= 4 is 21.6 Å². The molecule has 0 aromatic heterocycles. The van der Waals surface area contributed by atoms with E-state index >= 15 is 0 Å². The molecule has 1 aromatic carbocycles. The number of halogens is 1. The van der Waals surface area contributed by atoms with Crippen molar-refractivity contribution in [2.75, 3.05) is 18.6 Å². The van der Waals surface area contributed by atoms with Crippen molar-refractivity contribution in [3.8, 4) is 0 Å². The van der Waals surface area contributed by atoms with Gasteiger partial charge < -0.3 is 15.3 Å². The Labute approximate surface area is 118 Å². The lowest BCUT2D eigenvalue weighted by atomic mass is 10.1.